The number of hydrogen-bond donors (Lipinski definition) is 0. The Hall–Kier alpha value is -2.49. The summed E-state index contributed by atoms with van der Waals surface area (Å²) in [5.41, 5.74) is 0.981. The predicted molar refractivity (Wildman–Crippen MR) is 103 cm³/mol. The van der Waals surface area contributed by atoms with E-state index in [1.54, 1.807) is 12.4 Å². The van der Waals surface area contributed by atoms with E-state index in [4.69, 9.17) is 9.26 Å². The molecule has 2 aromatic rings. The topological polar surface area (TPSA) is 76.9 Å². The Morgan fingerprint density at radius 1 is 1.32 bits per heavy atom. The lowest BCUT2D eigenvalue weighted by Crippen LogP contribution is -2.59. The SMILES string of the molecule is C[Si]1(C)OC(=O)C2CC[C@@H](N(OCc3ccccc3)C(=O)n3ccnc3)CN21. The van der Waals surface area contributed by atoms with Crippen molar-refractivity contribution in [2.24, 2.45) is 0 Å². The molecule has 148 valence electrons. The molecule has 1 unspecified atom stereocenters. The van der Waals surface area contributed by atoms with Crippen molar-refractivity contribution in [2.45, 2.75) is 44.6 Å². The summed E-state index contributed by atoms with van der Waals surface area (Å²) in [5.74, 6) is -0.132. The summed E-state index contributed by atoms with van der Waals surface area (Å²) in [5, 5.41) is 1.44. The van der Waals surface area contributed by atoms with Gasteiger partial charge in [0.2, 0.25) is 0 Å². The summed E-state index contributed by atoms with van der Waals surface area (Å²) in [4.78, 5) is 35.2. The average Bonchev–Trinajstić information content (AvgIpc) is 3.30. The second-order valence-corrected chi connectivity index (χ2v) is 11.3. The molecule has 28 heavy (non-hydrogen) atoms. The molecule has 0 aliphatic carbocycles. The Labute approximate surface area is 164 Å². The molecule has 1 aromatic carbocycles. The van der Waals surface area contributed by atoms with E-state index in [0.717, 1.165) is 5.56 Å². The zero-order chi connectivity index (χ0) is 19.7. The van der Waals surface area contributed by atoms with Gasteiger partial charge in [-0.1, -0.05) is 30.3 Å². The van der Waals surface area contributed by atoms with Crippen LogP contribution in [0.4, 0.5) is 4.79 Å². The molecule has 2 atom stereocenters. The van der Waals surface area contributed by atoms with Crippen molar-refractivity contribution in [1.82, 2.24) is 19.2 Å². The van der Waals surface area contributed by atoms with Crippen molar-refractivity contribution in [1.29, 1.82) is 0 Å². The minimum atomic E-state index is -2.27. The molecule has 8 nitrogen and oxygen atoms in total. The van der Waals surface area contributed by atoms with Gasteiger partial charge in [-0.25, -0.2) is 9.78 Å². The van der Waals surface area contributed by atoms with E-state index in [0.29, 0.717) is 19.4 Å². The molecule has 0 N–H and O–H groups in total. The number of aromatic nitrogens is 2. The van der Waals surface area contributed by atoms with Gasteiger partial charge in [-0.2, -0.15) is 5.06 Å². The average molecular weight is 401 g/mol. The Balaban J connectivity index is 1.54. The minimum absolute atomic E-state index is 0.132. The van der Waals surface area contributed by atoms with Crippen LogP contribution in [0.15, 0.2) is 49.1 Å². The Bertz CT molecular complexity index is 843. The summed E-state index contributed by atoms with van der Waals surface area (Å²) >= 11 is 0. The zero-order valence-electron chi connectivity index (χ0n) is 16.0. The number of carbonyl (C=O) groups is 2. The predicted octanol–water partition coefficient (Wildman–Crippen LogP) is 2.38. The largest absolute Gasteiger partial charge is 0.504 e. The minimum Gasteiger partial charge on any atom is -0.504 e. The number of imidazole rings is 1. The maximum absolute atomic E-state index is 13.1. The molecule has 2 aliphatic rings. The van der Waals surface area contributed by atoms with Gasteiger partial charge in [0.1, 0.15) is 19.0 Å². The molecule has 0 spiro atoms. The number of rotatable bonds is 4. The maximum atomic E-state index is 13.1. The highest BCUT2D eigenvalue weighted by Crippen LogP contribution is 2.33. The molecule has 9 heteroatoms. The van der Waals surface area contributed by atoms with Crippen LogP contribution >= 0.6 is 0 Å². The van der Waals surface area contributed by atoms with Gasteiger partial charge in [0, 0.05) is 18.9 Å². The fraction of sp³-hybridized carbons (Fsp3) is 0.421. The highest BCUT2D eigenvalue weighted by molar-refractivity contribution is 6.71. The van der Waals surface area contributed by atoms with Crippen molar-refractivity contribution < 1.29 is 18.9 Å². The number of amides is 1. The van der Waals surface area contributed by atoms with Crippen LogP contribution in [-0.2, 0) is 20.7 Å². The van der Waals surface area contributed by atoms with Gasteiger partial charge < -0.3 is 4.43 Å². The second kappa shape index (κ2) is 7.49. The van der Waals surface area contributed by atoms with Gasteiger partial charge in [-0.05, 0) is 31.5 Å². The van der Waals surface area contributed by atoms with Crippen LogP contribution in [0.3, 0.4) is 0 Å². The third kappa shape index (κ3) is 3.60. The fourth-order valence-corrected chi connectivity index (χ4v) is 6.26. The standard InChI is InChI=1S/C19H24N4O4Si/c1-28(2)22-12-16(8-9-17(22)18(24)27-28)23(19(25)21-11-10-20-14-21)26-13-15-6-4-3-5-7-15/h3-7,10-11,14,16-17H,8-9,12-13H2,1-2H3/t16-,17?/m1/s1. The smallest absolute Gasteiger partial charge is 0.353 e. The van der Waals surface area contributed by atoms with Gasteiger partial charge in [0.05, 0.1) is 6.04 Å². The molecular formula is C19H24N4O4Si. The van der Waals surface area contributed by atoms with Gasteiger partial charge in [-0.3, -0.25) is 18.8 Å². The number of fused-ring (bicyclic) bond motifs is 1. The number of hydrogen-bond acceptors (Lipinski definition) is 6. The number of carbonyl (C=O) groups excluding carboxylic acids is 2. The molecular weight excluding hydrogens is 376 g/mol. The summed E-state index contributed by atoms with van der Waals surface area (Å²) < 4.78 is 9.22. The van der Waals surface area contributed by atoms with Crippen molar-refractivity contribution in [3.8, 4) is 0 Å². The highest BCUT2D eigenvalue weighted by Gasteiger charge is 2.53. The highest BCUT2D eigenvalue weighted by atomic mass is 28.4. The first-order valence-corrected chi connectivity index (χ1v) is 12.3. The molecule has 0 bridgehead atoms. The van der Waals surface area contributed by atoms with E-state index in [2.05, 4.69) is 9.55 Å². The van der Waals surface area contributed by atoms with E-state index in [9.17, 15) is 9.59 Å². The van der Waals surface area contributed by atoms with E-state index in [-0.39, 0.29) is 30.7 Å². The summed E-state index contributed by atoms with van der Waals surface area (Å²) in [6.07, 6.45) is 5.97. The Morgan fingerprint density at radius 3 is 2.82 bits per heavy atom. The first-order valence-electron chi connectivity index (χ1n) is 9.43. The van der Waals surface area contributed by atoms with E-state index in [1.807, 2.05) is 43.4 Å². The lowest BCUT2D eigenvalue weighted by Gasteiger charge is -2.41. The zero-order valence-corrected chi connectivity index (χ0v) is 17.0. The summed E-state index contributed by atoms with van der Waals surface area (Å²) in [6, 6.07) is 9.08. The van der Waals surface area contributed by atoms with Gasteiger partial charge >= 0.3 is 20.5 Å². The molecule has 0 saturated carbocycles. The first-order chi connectivity index (χ1) is 13.5. The summed E-state index contributed by atoms with van der Waals surface area (Å²) in [7, 11) is -2.27. The first kappa shape index (κ1) is 18.9. The summed E-state index contributed by atoms with van der Waals surface area (Å²) in [6.45, 7) is 4.88. The quantitative estimate of drug-likeness (QED) is 0.579. The number of hydroxylamine groups is 2. The van der Waals surface area contributed by atoms with Crippen molar-refractivity contribution in [2.75, 3.05) is 6.54 Å². The molecule has 2 saturated heterocycles. The van der Waals surface area contributed by atoms with E-state index in [1.165, 1.54) is 16.0 Å². The van der Waals surface area contributed by atoms with E-state index >= 15 is 0 Å². The lowest BCUT2D eigenvalue weighted by atomic mass is 10.0. The van der Waals surface area contributed by atoms with Crippen LogP contribution in [0.25, 0.3) is 0 Å². The molecule has 2 fully saturated rings. The third-order valence-corrected chi connectivity index (χ3v) is 7.91. The normalized spacial score (nSPS) is 23.9. The molecule has 3 heterocycles. The molecule has 4 rings (SSSR count). The van der Waals surface area contributed by atoms with Crippen molar-refractivity contribution in [3.05, 3.63) is 54.6 Å². The van der Waals surface area contributed by atoms with Gasteiger partial charge in [0.15, 0.2) is 0 Å². The Morgan fingerprint density at radius 2 is 2.11 bits per heavy atom. The molecule has 1 amide bonds. The van der Waals surface area contributed by atoms with Gasteiger partial charge in [-0.15, -0.1) is 0 Å². The monoisotopic (exact) mass is 400 g/mol. The number of nitrogens with zero attached hydrogens (tertiary/aromatic N) is 4. The van der Waals surface area contributed by atoms with E-state index < -0.39 is 8.48 Å². The second-order valence-electron chi connectivity index (χ2n) is 7.60. The van der Waals surface area contributed by atoms with Crippen LogP contribution in [0.1, 0.15) is 18.4 Å². The fourth-order valence-electron chi connectivity index (χ4n) is 3.88. The van der Waals surface area contributed by atoms with Crippen LogP contribution in [-0.4, -0.2) is 58.3 Å². The molecule has 2 aliphatic heterocycles. The molecule has 1 aromatic heterocycles. The number of piperidine rings is 1. The van der Waals surface area contributed by atoms with Crippen LogP contribution in [0, 0.1) is 0 Å². The Kier molecular flexibility index (Phi) is 5.05. The van der Waals surface area contributed by atoms with Crippen LogP contribution < -0.4 is 0 Å². The van der Waals surface area contributed by atoms with Crippen LogP contribution in [0.2, 0.25) is 13.1 Å². The van der Waals surface area contributed by atoms with Crippen molar-refractivity contribution in [3.63, 3.8) is 0 Å². The molecule has 0 radical (unpaired) electrons. The van der Waals surface area contributed by atoms with Crippen LogP contribution in [0.5, 0.6) is 0 Å². The maximum Gasteiger partial charge on any atom is 0.353 e. The van der Waals surface area contributed by atoms with Crippen molar-refractivity contribution >= 4 is 20.5 Å². The lowest BCUT2D eigenvalue weighted by molar-refractivity contribution is -0.164. The van der Waals surface area contributed by atoms with Gasteiger partial charge in [0.25, 0.3) is 0 Å². The number of benzene rings is 1. The third-order valence-electron chi connectivity index (χ3n) is 5.33.